The Bertz CT molecular complexity index is 1260. The maximum absolute atomic E-state index is 12.7. The summed E-state index contributed by atoms with van der Waals surface area (Å²) in [5, 5.41) is 3.72. The number of fused-ring (bicyclic) bond motifs is 1. The zero-order chi connectivity index (χ0) is 20.9. The zero-order valence-electron chi connectivity index (χ0n) is 16.6. The molecule has 0 unspecified atom stereocenters. The third-order valence-electron chi connectivity index (χ3n) is 4.64. The van der Waals surface area contributed by atoms with Gasteiger partial charge in [0.05, 0.1) is 12.2 Å². The highest BCUT2D eigenvalue weighted by molar-refractivity contribution is 6.04. The van der Waals surface area contributed by atoms with Crippen LogP contribution in [0.4, 0.5) is 5.69 Å². The maximum atomic E-state index is 12.7. The summed E-state index contributed by atoms with van der Waals surface area (Å²) in [6.07, 6.45) is 0.895. The van der Waals surface area contributed by atoms with Crippen molar-refractivity contribution in [1.29, 1.82) is 0 Å². The van der Waals surface area contributed by atoms with Gasteiger partial charge in [-0.05, 0) is 54.4 Å². The highest BCUT2D eigenvalue weighted by Crippen LogP contribution is 2.24. The van der Waals surface area contributed by atoms with Crippen LogP contribution in [0.25, 0.3) is 22.1 Å². The molecule has 0 radical (unpaired) electrons. The summed E-state index contributed by atoms with van der Waals surface area (Å²) in [5.74, 6) is 0.409. The fraction of sp³-hybridized carbons (Fsp3) is 0.120. The Morgan fingerprint density at radius 3 is 2.67 bits per heavy atom. The van der Waals surface area contributed by atoms with Gasteiger partial charge in [0.15, 0.2) is 0 Å². The van der Waals surface area contributed by atoms with Crippen molar-refractivity contribution in [3.8, 4) is 16.9 Å². The number of rotatable bonds is 6. The summed E-state index contributed by atoms with van der Waals surface area (Å²) in [5.41, 5.74) is 2.33. The molecule has 0 spiro atoms. The second-order valence-corrected chi connectivity index (χ2v) is 6.90. The Kier molecular flexibility index (Phi) is 5.61. The molecule has 4 aromatic rings. The molecular formula is C25H21NO4. The fourth-order valence-corrected chi connectivity index (χ4v) is 3.18. The van der Waals surface area contributed by atoms with E-state index in [9.17, 15) is 9.59 Å². The number of carbonyl (C=O) groups excluding carboxylic acids is 1. The van der Waals surface area contributed by atoms with Crippen LogP contribution in [0, 0.1) is 0 Å². The minimum Gasteiger partial charge on any atom is -0.494 e. The second kappa shape index (κ2) is 8.66. The molecule has 3 aromatic carbocycles. The van der Waals surface area contributed by atoms with Crippen LogP contribution in [0.3, 0.4) is 0 Å². The molecule has 150 valence electrons. The lowest BCUT2D eigenvalue weighted by Crippen LogP contribution is -2.12. The van der Waals surface area contributed by atoms with Crippen LogP contribution in [0.2, 0.25) is 0 Å². The van der Waals surface area contributed by atoms with Crippen LogP contribution in [0.15, 0.2) is 88.1 Å². The molecule has 0 bridgehead atoms. The summed E-state index contributed by atoms with van der Waals surface area (Å²) in [6, 6.07) is 23.4. The first-order valence-electron chi connectivity index (χ1n) is 9.81. The third kappa shape index (κ3) is 4.25. The van der Waals surface area contributed by atoms with Crippen LogP contribution in [0.5, 0.6) is 5.75 Å². The van der Waals surface area contributed by atoms with E-state index in [4.69, 9.17) is 9.15 Å². The number of benzene rings is 3. The number of hydrogen-bond acceptors (Lipinski definition) is 4. The average molecular weight is 399 g/mol. The van der Waals surface area contributed by atoms with Gasteiger partial charge in [-0.25, -0.2) is 4.79 Å². The molecule has 5 heteroatoms. The van der Waals surface area contributed by atoms with Gasteiger partial charge in [-0.1, -0.05) is 43.3 Å². The van der Waals surface area contributed by atoms with Crippen molar-refractivity contribution in [1.82, 2.24) is 0 Å². The number of para-hydroxylation sites is 1. The summed E-state index contributed by atoms with van der Waals surface area (Å²) in [4.78, 5) is 25.1. The molecule has 1 aromatic heterocycles. The molecule has 0 aliphatic carbocycles. The highest BCUT2D eigenvalue weighted by Gasteiger charge is 2.11. The minimum atomic E-state index is -0.419. The number of carbonyl (C=O) groups is 1. The van der Waals surface area contributed by atoms with Gasteiger partial charge in [-0.15, -0.1) is 0 Å². The Morgan fingerprint density at radius 1 is 0.967 bits per heavy atom. The predicted molar refractivity (Wildman–Crippen MR) is 118 cm³/mol. The Hall–Kier alpha value is -3.86. The van der Waals surface area contributed by atoms with E-state index >= 15 is 0 Å². The third-order valence-corrected chi connectivity index (χ3v) is 4.64. The summed E-state index contributed by atoms with van der Waals surface area (Å²) in [6.45, 7) is 2.63. The maximum Gasteiger partial charge on any atom is 0.344 e. The quantitative estimate of drug-likeness (QED) is 0.435. The van der Waals surface area contributed by atoms with Crippen molar-refractivity contribution in [2.75, 3.05) is 11.9 Å². The van der Waals surface area contributed by atoms with E-state index in [1.807, 2.05) is 37.3 Å². The van der Waals surface area contributed by atoms with Gasteiger partial charge in [0.25, 0.3) is 5.91 Å². The van der Waals surface area contributed by atoms with Crippen LogP contribution in [-0.2, 0) is 0 Å². The minimum absolute atomic E-state index is 0.250. The molecule has 30 heavy (non-hydrogen) atoms. The normalized spacial score (nSPS) is 10.7. The van der Waals surface area contributed by atoms with Gasteiger partial charge in [0.2, 0.25) is 0 Å². The van der Waals surface area contributed by atoms with Crippen molar-refractivity contribution >= 4 is 22.6 Å². The van der Waals surface area contributed by atoms with Gasteiger partial charge < -0.3 is 14.5 Å². The van der Waals surface area contributed by atoms with Crippen LogP contribution in [-0.4, -0.2) is 12.5 Å². The van der Waals surface area contributed by atoms with E-state index in [-0.39, 0.29) is 5.91 Å². The second-order valence-electron chi connectivity index (χ2n) is 6.90. The van der Waals surface area contributed by atoms with Crippen molar-refractivity contribution < 1.29 is 13.9 Å². The lowest BCUT2D eigenvalue weighted by molar-refractivity contribution is 0.102. The standard InChI is InChI=1S/C25H21NO4/c1-2-13-29-21-11-6-9-19(15-21)24(27)26-20-10-5-8-17(14-20)22-16-18-7-3-4-12-23(18)30-25(22)28/h3-12,14-16H,2,13H2,1H3,(H,26,27). The predicted octanol–water partition coefficient (Wildman–Crippen LogP) is 5.50. The average Bonchev–Trinajstić information content (AvgIpc) is 2.77. The fourth-order valence-electron chi connectivity index (χ4n) is 3.18. The first-order chi connectivity index (χ1) is 14.6. The Morgan fingerprint density at radius 2 is 1.80 bits per heavy atom. The van der Waals surface area contributed by atoms with Crippen LogP contribution >= 0.6 is 0 Å². The SMILES string of the molecule is CCCOc1cccc(C(=O)Nc2cccc(-c3cc4ccccc4oc3=O)c2)c1. The number of amides is 1. The van der Waals surface area contributed by atoms with E-state index in [1.165, 1.54) is 0 Å². The Labute approximate surface area is 173 Å². The van der Waals surface area contributed by atoms with Crippen molar-refractivity contribution in [2.45, 2.75) is 13.3 Å². The first-order valence-corrected chi connectivity index (χ1v) is 9.81. The van der Waals surface area contributed by atoms with Gasteiger partial charge in [0, 0.05) is 16.6 Å². The monoisotopic (exact) mass is 399 g/mol. The molecule has 0 aliphatic heterocycles. The van der Waals surface area contributed by atoms with E-state index in [2.05, 4.69) is 5.32 Å². The lowest BCUT2D eigenvalue weighted by Gasteiger charge is -2.09. The zero-order valence-corrected chi connectivity index (χ0v) is 16.6. The molecule has 0 fully saturated rings. The van der Waals surface area contributed by atoms with Crippen molar-refractivity contribution in [3.05, 3.63) is 94.8 Å². The molecular weight excluding hydrogens is 378 g/mol. The number of anilines is 1. The molecule has 0 saturated heterocycles. The van der Waals surface area contributed by atoms with E-state index < -0.39 is 5.63 Å². The van der Waals surface area contributed by atoms with Crippen molar-refractivity contribution in [3.63, 3.8) is 0 Å². The lowest BCUT2D eigenvalue weighted by atomic mass is 10.1. The number of ether oxygens (including phenoxy) is 1. The van der Waals surface area contributed by atoms with Crippen LogP contribution < -0.4 is 15.7 Å². The van der Waals surface area contributed by atoms with Crippen molar-refractivity contribution in [2.24, 2.45) is 0 Å². The molecule has 4 rings (SSSR count). The molecule has 5 nitrogen and oxygen atoms in total. The Balaban J connectivity index is 1.59. The molecule has 0 aliphatic rings. The number of nitrogens with one attached hydrogen (secondary N) is 1. The number of hydrogen-bond donors (Lipinski definition) is 1. The van der Waals surface area contributed by atoms with Gasteiger partial charge in [-0.2, -0.15) is 0 Å². The summed E-state index contributed by atoms with van der Waals surface area (Å²) < 4.78 is 11.0. The molecule has 0 saturated carbocycles. The van der Waals surface area contributed by atoms with Crippen LogP contribution in [0.1, 0.15) is 23.7 Å². The largest absolute Gasteiger partial charge is 0.494 e. The molecule has 1 amide bonds. The smallest absolute Gasteiger partial charge is 0.344 e. The first kappa shape index (κ1) is 19.5. The highest BCUT2D eigenvalue weighted by atomic mass is 16.5. The molecule has 1 N–H and O–H groups in total. The van der Waals surface area contributed by atoms with Gasteiger partial charge in [0.1, 0.15) is 11.3 Å². The molecule has 0 atom stereocenters. The molecule has 1 heterocycles. The van der Waals surface area contributed by atoms with E-state index in [1.54, 1.807) is 48.5 Å². The summed E-state index contributed by atoms with van der Waals surface area (Å²) >= 11 is 0. The topological polar surface area (TPSA) is 68.5 Å². The van der Waals surface area contributed by atoms with E-state index in [0.717, 1.165) is 11.8 Å². The van der Waals surface area contributed by atoms with Gasteiger partial charge in [-0.3, -0.25) is 4.79 Å². The van der Waals surface area contributed by atoms with E-state index in [0.29, 0.717) is 40.3 Å². The summed E-state index contributed by atoms with van der Waals surface area (Å²) in [7, 11) is 0. The van der Waals surface area contributed by atoms with Gasteiger partial charge >= 0.3 is 5.63 Å².